The number of hydrogen-bond donors (Lipinski definition) is 0. The van der Waals surface area contributed by atoms with E-state index in [9.17, 15) is 4.79 Å². The molecule has 0 aliphatic rings. The molecule has 0 aliphatic carbocycles. The van der Waals surface area contributed by atoms with Gasteiger partial charge in [0.1, 0.15) is 0 Å². The van der Waals surface area contributed by atoms with Crippen LogP contribution in [0.2, 0.25) is 0 Å². The Balaban J connectivity index is 2.48. The van der Waals surface area contributed by atoms with Crippen LogP contribution in [0.3, 0.4) is 0 Å². The Labute approximate surface area is 124 Å². The van der Waals surface area contributed by atoms with Gasteiger partial charge in [0.25, 0.3) is 0 Å². The van der Waals surface area contributed by atoms with Crippen LogP contribution in [0.4, 0.5) is 0 Å². The minimum atomic E-state index is -0.113. The van der Waals surface area contributed by atoms with E-state index in [2.05, 4.69) is 25.3 Å². The lowest BCUT2D eigenvalue weighted by Gasteiger charge is -2.29. The predicted octanol–water partition coefficient (Wildman–Crippen LogP) is 4.42. The quantitative estimate of drug-likeness (QED) is 0.645. The Bertz CT molecular complexity index is 839. The summed E-state index contributed by atoms with van der Waals surface area (Å²) in [5.41, 5.74) is 2.97. The second kappa shape index (κ2) is 4.88. The number of benzene rings is 2. The maximum Gasteiger partial charge on any atom is 0.190 e. The normalized spacial score (nSPS) is 11.8. The van der Waals surface area contributed by atoms with Crippen LogP contribution in [-0.2, 0) is 5.54 Å². The SMILES string of the molecule is CC(C)(C)n1c(-c2ccccc2)cc(=O)c2ccccc21. The molecule has 3 rings (SSSR count). The van der Waals surface area contributed by atoms with Gasteiger partial charge in [-0.3, -0.25) is 4.79 Å². The molecule has 2 aromatic carbocycles. The van der Waals surface area contributed by atoms with Crippen molar-refractivity contribution in [2.75, 3.05) is 0 Å². The molecule has 1 heterocycles. The molecule has 0 aliphatic heterocycles. The van der Waals surface area contributed by atoms with Crippen molar-refractivity contribution in [2.45, 2.75) is 26.3 Å². The van der Waals surface area contributed by atoms with E-state index in [0.717, 1.165) is 22.2 Å². The largest absolute Gasteiger partial charge is 0.335 e. The predicted molar refractivity (Wildman–Crippen MR) is 88.6 cm³/mol. The van der Waals surface area contributed by atoms with Gasteiger partial charge in [0.05, 0.1) is 11.2 Å². The van der Waals surface area contributed by atoms with Gasteiger partial charge < -0.3 is 4.57 Å². The Hall–Kier alpha value is -2.35. The van der Waals surface area contributed by atoms with Gasteiger partial charge in [-0.25, -0.2) is 0 Å². The third kappa shape index (κ3) is 2.38. The van der Waals surface area contributed by atoms with E-state index in [1.165, 1.54) is 0 Å². The summed E-state index contributed by atoms with van der Waals surface area (Å²) in [5, 5.41) is 0.770. The Kier molecular flexibility index (Phi) is 3.17. The van der Waals surface area contributed by atoms with Crippen molar-refractivity contribution in [3.05, 3.63) is 70.9 Å². The third-order valence-electron chi connectivity index (χ3n) is 3.66. The van der Waals surface area contributed by atoms with Gasteiger partial charge in [-0.15, -0.1) is 0 Å². The van der Waals surface area contributed by atoms with Crippen LogP contribution in [0.25, 0.3) is 22.2 Å². The van der Waals surface area contributed by atoms with Gasteiger partial charge in [-0.2, -0.15) is 0 Å². The van der Waals surface area contributed by atoms with Crippen molar-refractivity contribution in [1.82, 2.24) is 4.57 Å². The molecule has 0 fully saturated rings. The first kappa shape index (κ1) is 13.6. The van der Waals surface area contributed by atoms with Gasteiger partial charge >= 0.3 is 0 Å². The molecule has 0 atom stereocenters. The Morgan fingerprint density at radius 2 is 1.48 bits per heavy atom. The van der Waals surface area contributed by atoms with Crippen molar-refractivity contribution in [2.24, 2.45) is 0 Å². The summed E-state index contributed by atoms with van der Waals surface area (Å²) in [7, 11) is 0. The van der Waals surface area contributed by atoms with E-state index >= 15 is 0 Å². The van der Waals surface area contributed by atoms with Crippen molar-refractivity contribution < 1.29 is 0 Å². The smallest absolute Gasteiger partial charge is 0.190 e. The molecule has 0 bridgehead atoms. The molecule has 0 saturated heterocycles. The second-order valence-corrected chi connectivity index (χ2v) is 6.28. The number of pyridine rings is 1. The van der Waals surface area contributed by atoms with E-state index in [4.69, 9.17) is 0 Å². The molecular formula is C19H19NO. The van der Waals surface area contributed by atoms with Gasteiger partial charge in [0.15, 0.2) is 5.43 Å². The van der Waals surface area contributed by atoms with E-state index in [1.54, 1.807) is 6.07 Å². The summed E-state index contributed by atoms with van der Waals surface area (Å²) in [6, 6.07) is 19.7. The fourth-order valence-electron chi connectivity index (χ4n) is 2.82. The van der Waals surface area contributed by atoms with Crippen LogP contribution in [0, 0.1) is 0 Å². The fourth-order valence-corrected chi connectivity index (χ4v) is 2.82. The van der Waals surface area contributed by atoms with Crippen LogP contribution in [-0.4, -0.2) is 4.57 Å². The van der Waals surface area contributed by atoms with Crippen molar-refractivity contribution >= 4 is 10.9 Å². The standard InChI is InChI=1S/C19H19NO/c1-19(2,3)20-16-12-8-7-11-15(16)18(21)13-17(20)14-9-5-4-6-10-14/h4-13H,1-3H3. The fraction of sp³-hybridized carbons (Fsp3) is 0.211. The van der Waals surface area contributed by atoms with Crippen LogP contribution < -0.4 is 5.43 Å². The number of rotatable bonds is 1. The lowest BCUT2D eigenvalue weighted by atomic mass is 10.0. The van der Waals surface area contributed by atoms with Gasteiger partial charge in [-0.05, 0) is 38.5 Å². The summed E-state index contributed by atoms with van der Waals surface area (Å²) in [6.45, 7) is 6.49. The summed E-state index contributed by atoms with van der Waals surface area (Å²) >= 11 is 0. The lowest BCUT2D eigenvalue weighted by Crippen LogP contribution is -2.26. The molecule has 106 valence electrons. The molecular weight excluding hydrogens is 258 g/mol. The highest BCUT2D eigenvalue weighted by molar-refractivity contribution is 5.82. The van der Waals surface area contributed by atoms with Gasteiger partial charge in [0, 0.05) is 17.0 Å². The lowest BCUT2D eigenvalue weighted by molar-refractivity contribution is 0.413. The molecule has 21 heavy (non-hydrogen) atoms. The zero-order valence-corrected chi connectivity index (χ0v) is 12.6. The molecule has 0 saturated carbocycles. The highest BCUT2D eigenvalue weighted by Gasteiger charge is 2.20. The topological polar surface area (TPSA) is 22.0 Å². The zero-order valence-electron chi connectivity index (χ0n) is 12.6. The van der Waals surface area contributed by atoms with Gasteiger partial charge in [0.2, 0.25) is 0 Å². The van der Waals surface area contributed by atoms with Crippen molar-refractivity contribution in [3.8, 4) is 11.3 Å². The van der Waals surface area contributed by atoms with Crippen LogP contribution in [0.5, 0.6) is 0 Å². The van der Waals surface area contributed by atoms with Crippen LogP contribution >= 0.6 is 0 Å². The summed E-state index contributed by atoms with van der Waals surface area (Å²) in [4.78, 5) is 12.4. The van der Waals surface area contributed by atoms with Crippen LogP contribution in [0.1, 0.15) is 20.8 Å². The maximum atomic E-state index is 12.4. The van der Waals surface area contributed by atoms with Crippen molar-refractivity contribution in [3.63, 3.8) is 0 Å². The molecule has 2 heteroatoms. The average molecular weight is 277 g/mol. The zero-order chi connectivity index (χ0) is 15.0. The van der Waals surface area contributed by atoms with E-state index in [1.807, 2.05) is 54.6 Å². The molecule has 2 nitrogen and oxygen atoms in total. The number of hydrogen-bond acceptors (Lipinski definition) is 1. The van der Waals surface area contributed by atoms with Gasteiger partial charge in [-0.1, -0.05) is 42.5 Å². The number of para-hydroxylation sites is 1. The van der Waals surface area contributed by atoms with Crippen LogP contribution in [0.15, 0.2) is 65.5 Å². The molecule has 0 radical (unpaired) electrons. The summed E-state index contributed by atoms with van der Waals surface area (Å²) < 4.78 is 2.25. The highest BCUT2D eigenvalue weighted by Crippen LogP contribution is 2.29. The molecule has 3 aromatic rings. The van der Waals surface area contributed by atoms with E-state index < -0.39 is 0 Å². The number of aromatic nitrogens is 1. The molecule has 0 spiro atoms. The second-order valence-electron chi connectivity index (χ2n) is 6.28. The third-order valence-corrected chi connectivity index (χ3v) is 3.66. The first-order valence-electron chi connectivity index (χ1n) is 7.19. The molecule has 0 unspecified atom stereocenters. The van der Waals surface area contributed by atoms with Crippen molar-refractivity contribution in [1.29, 1.82) is 0 Å². The summed E-state index contributed by atoms with van der Waals surface area (Å²) in [6.07, 6.45) is 0. The Morgan fingerprint density at radius 3 is 2.14 bits per heavy atom. The first-order valence-corrected chi connectivity index (χ1v) is 7.19. The minimum Gasteiger partial charge on any atom is -0.335 e. The highest BCUT2D eigenvalue weighted by atomic mass is 16.1. The Morgan fingerprint density at radius 1 is 0.857 bits per heavy atom. The minimum absolute atomic E-state index is 0.0740. The maximum absolute atomic E-state index is 12.4. The van der Waals surface area contributed by atoms with E-state index in [-0.39, 0.29) is 11.0 Å². The number of nitrogens with zero attached hydrogens (tertiary/aromatic N) is 1. The van der Waals surface area contributed by atoms with E-state index in [0.29, 0.717) is 0 Å². The first-order chi connectivity index (χ1) is 9.98. The molecule has 0 amide bonds. The monoisotopic (exact) mass is 277 g/mol. The molecule has 1 aromatic heterocycles. The molecule has 0 N–H and O–H groups in total. The average Bonchev–Trinajstić information content (AvgIpc) is 2.47. The number of fused-ring (bicyclic) bond motifs is 1. The summed E-state index contributed by atoms with van der Waals surface area (Å²) in [5.74, 6) is 0.